The van der Waals surface area contributed by atoms with Crippen LogP contribution in [0.3, 0.4) is 0 Å². The Hall–Kier alpha value is -1.67. The van der Waals surface area contributed by atoms with E-state index in [4.69, 9.17) is 16.3 Å². The Bertz CT molecular complexity index is 762. The number of hydrogen-bond acceptors (Lipinski definition) is 5. The highest BCUT2D eigenvalue weighted by atomic mass is 35.5. The molecule has 1 heterocycles. The monoisotopic (exact) mass is 391 g/mol. The maximum absolute atomic E-state index is 13.7. The van der Waals surface area contributed by atoms with E-state index in [1.165, 1.54) is 37.1 Å². The number of likely N-dealkylation sites (N-methyl/N-ethyl adjacent to an activating group) is 1. The predicted molar refractivity (Wildman–Crippen MR) is 90.5 cm³/mol. The Balaban J connectivity index is 1.95. The minimum Gasteiger partial charge on any atom is -0.452 e. The summed E-state index contributed by atoms with van der Waals surface area (Å²) in [6, 6.07) is 3.62. The van der Waals surface area contributed by atoms with Gasteiger partial charge in [-0.25, -0.2) is 12.8 Å². The van der Waals surface area contributed by atoms with E-state index in [2.05, 4.69) is 0 Å². The van der Waals surface area contributed by atoms with Crippen molar-refractivity contribution in [3.05, 3.63) is 34.6 Å². The summed E-state index contributed by atoms with van der Waals surface area (Å²) < 4.78 is 41.8. The average molecular weight is 392 g/mol. The summed E-state index contributed by atoms with van der Waals surface area (Å²) >= 11 is 5.86. The zero-order valence-electron chi connectivity index (χ0n) is 13.9. The standard InChI is InChI=1S/C16H19ClFNO5S/c1-10(16(21)19(2)11-6-7-25(22,23)9-11)24-15(20)8-12-13(17)4-3-5-14(12)18/h3-5,10-11H,6-9H2,1-2H3. The molecule has 2 atom stereocenters. The lowest BCUT2D eigenvalue weighted by Crippen LogP contribution is -2.44. The van der Waals surface area contributed by atoms with Gasteiger partial charge in [0.2, 0.25) is 0 Å². The first-order valence-electron chi connectivity index (χ1n) is 7.70. The number of ether oxygens (including phenoxy) is 1. The van der Waals surface area contributed by atoms with Crippen molar-refractivity contribution in [3.8, 4) is 0 Å². The van der Waals surface area contributed by atoms with E-state index < -0.39 is 46.1 Å². The minimum absolute atomic E-state index is 0.00376. The molecule has 9 heteroatoms. The van der Waals surface area contributed by atoms with E-state index in [0.29, 0.717) is 6.42 Å². The maximum atomic E-state index is 13.7. The van der Waals surface area contributed by atoms with Gasteiger partial charge in [0.15, 0.2) is 15.9 Å². The van der Waals surface area contributed by atoms with Crippen molar-refractivity contribution in [1.29, 1.82) is 0 Å². The molecule has 1 saturated heterocycles. The summed E-state index contributed by atoms with van der Waals surface area (Å²) in [5.74, 6) is -1.98. The Morgan fingerprint density at radius 3 is 2.68 bits per heavy atom. The number of sulfone groups is 1. The van der Waals surface area contributed by atoms with Gasteiger partial charge in [-0.1, -0.05) is 17.7 Å². The quantitative estimate of drug-likeness (QED) is 0.712. The number of esters is 1. The molecule has 1 aromatic carbocycles. The number of carbonyl (C=O) groups is 2. The fourth-order valence-electron chi connectivity index (χ4n) is 2.68. The molecule has 2 unspecified atom stereocenters. The minimum atomic E-state index is -3.13. The number of nitrogens with zero attached hydrogens (tertiary/aromatic N) is 1. The highest BCUT2D eigenvalue weighted by molar-refractivity contribution is 7.91. The number of carbonyl (C=O) groups excluding carboxylic acids is 2. The number of rotatable bonds is 5. The van der Waals surface area contributed by atoms with Gasteiger partial charge in [0.25, 0.3) is 5.91 Å². The fourth-order valence-corrected chi connectivity index (χ4v) is 4.69. The van der Waals surface area contributed by atoms with E-state index in [0.717, 1.165) is 0 Å². The maximum Gasteiger partial charge on any atom is 0.311 e. The van der Waals surface area contributed by atoms with Crippen LogP contribution >= 0.6 is 11.6 Å². The van der Waals surface area contributed by atoms with Crippen molar-refractivity contribution in [1.82, 2.24) is 4.90 Å². The zero-order chi connectivity index (χ0) is 18.8. The second-order valence-electron chi connectivity index (χ2n) is 6.02. The van der Waals surface area contributed by atoms with Gasteiger partial charge in [0.1, 0.15) is 5.82 Å². The van der Waals surface area contributed by atoms with Crippen LogP contribution in [0.25, 0.3) is 0 Å². The smallest absolute Gasteiger partial charge is 0.311 e. The third kappa shape index (κ3) is 4.92. The molecule has 1 aromatic rings. The topological polar surface area (TPSA) is 80.8 Å². The summed E-state index contributed by atoms with van der Waals surface area (Å²) in [5, 5.41) is 0.101. The molecule has 1 aliphatic heterocycles. The highest BCUT2D eigenvalue weighted by Gasteiger charge is 2.35. The molecule has 0 saturated carbocycles. The summed E-state index contributed by atoms with van der Waals surface area (Å²) in [6.07, 6.45) is -1.15. The zero-order valence-corrected chi connectivity index (χ0v) is 15.4. The summed E-state index contributed by atoms with van der Waals surface area (Å²) in [5.41, 5.74) is 0.00376. The van der Waals surface area contributed by atoms with E-state index in [1.54, 1.807) is 0 Å². The van der Waals surface area contributed by atoms with E-state index in [9.17, 15) is 22.4 Å². The molecule has 0 aromatic heterocycles. The lowest BCUT2D eigenvalue weighted by atomic mass is 10.1. The van der Waals surface area contributed by atoms with Crippen LogP contribution in [-0.4, -0.2) is 55.9 Å². The molecular formula is C16H19ClFNO5S. The van der Waals surface area contributed by atoms with Gasteiger partial charge in [-0.2, -0.15) is 0 Å². The molecule has 0 N–H and O–H groups in total. The average Bonchev–Trinajstić information content (AvgIpc) is 2.89. The molecule has 6 nitrogen and oxygen atoms in total. The van der Waals surface area contributed by atoms with Crippen molar-refractivity contribution in [2.45, 2.75) is 31.9 Å². The molecule has 1 fully saturated rings. The van der Waals surface area contributed by atoms with E-state index in [-0.39, 0.29) is 22.1 Å². The predicted octanol–water partition coefficient (Wildman–Crippen LogP) is 1.60. The van der Waals surface area contributed by atoms with Crippen LogP contribution in [-0.2, 0) is 30.6 Å². The van der Waals surface area contributed by atoms with Crippen molar-refractivity contribution in [2.75, 3.05) is 18.6 Å². The van der Waals surface area contributed by atoms with E-state index in [1.807, 2.05) is 0 Å². The lowest BCUT2D eigenvalue weighted by Gasteiger charge is -2.26. The van der Waals surface area contributed by atoms with Crippen LogP contribution in [0.4, 0.5) is 4.39 Å². The largest absolute Gasteiger partial charge is 0.452 e. The SMILES string of the molecule is CC(OC(=O)Cc1c(F)cccc1Cl)C(=O)N(C)C1CCS(=O)(=O)C1. The number of hydrogen-bond donors (Lipinski definition) is 0. The molecule has 0 spiro atoms. The van der Waals surface area contributed by atoms with Crippen LogP contribution in [0.5, 0.6) is 0 Å². The molecule has 0 radical (unpaired) electrons. The van der Waals surface area contributed by atoms with Crippen molar-refractivity contribution in [3.63, 3.8) is 0 Å². The lowest BCUT2D eigenvalue weighted by molar-refractivity contribution is -0.158. The van der Waals surface area contributed by atoms with Crippen LogP contribution in [0.15, 0.2) is 18.2 Å². The summed E-state index contributed by atoms with van der Waals surface area (Å²) in [6.45, 7) is 1.39. The van der Waals surface area contributed by atoms with Gasteiger partial charge < -0.3 is 9.64 Å². The van der Waals surface area contributed by atoms with Gasteiger partial charge in [0.05, 0.1) is 17.9 Å². The van der Waals surface area contributed by atoms with Gasteiger partial charge in [0, 0.05) is 23.7 Å². The first-order valence-corrected chi connectivity index (χ1v) is 9.90. The molecule has 0 aliphatic carbocycles. The van der Waals surface area contributed by atoms with Gasteiger partial charge in [-0.3, -0.25) is 9.59 Å². The first-order chi connectivity index (χ1) is 11.6. The van der Waals surface area contributed by atoms with E-state index >= 15 is 0 Å². The Morgan fingerprint density at radius 2 is 2.12 bits per heavy atom. The molecule has 2 rings (SSSR count). The van der Waals surface area contributed by atoms with Crippen LogP contribution in [0.2, 0.25) is 5.02 Å². The van der Waals surface area contributed by atoms with Crippen molar-refractivity contribution < 1.29 is 27.1 Å². The first kappa shape index (κ1) is 19.7. The Labute approximate surface area is 150 Å². The number of halogens is 2. The van der Waals surface area contributed by atoms with Crippen LogP contribution < -0.4 is 0 Å². The molecule has 1 aliphatic rings. The van der Waals surface area contributed by atoms with Gasteiger partial charge in [-0.05, 0) is 25.5 Å². The Kier molecular flexibility index (Phi) is 6.05. The third-order valence-corrected chi connectivity index (χ3v) is 6.25. The fraction of sp³-hybridized carbons (Fsp3) is 0.500. The van der Waals surface area contributed by atoms with Crippen molar-refractivity contribution >= 4 is 33.3 Å². The van der Waals surface area contributed by atoms with Gasteiger partial charge in [-0.15, -0.1) is 0 Å². The number of amides is 1. The molecular weight excluding hydrogens is 373 g/mol. The van der Waals surface area contributed by atoms with Gasteiger partial charge >= 0.3 is 5.97 Å². The molecule has 1 amide bonds. The Morgan fingerprint density at radius 1 is 1.44 bits per heavy atom. The second kappa shape index (κ2) is 7.70. The summed E-state index contributed by atoms with van der Waals surface area (Å²) in [7, 11) is -1.65. The number of benzene rings is 1. The second-order valence-corrected chi connectivity index (χ2v) is 8.65. The van der Waals surface area contributed by atoms with Crippen LogP contribution in [0, 0.1) is 5.82 Å². The highest BCUT2D eigenvalue weighted by Crippen LogP contribution is 2.21. The molecule has 0 bridgehead atoms. The molecule has 138 valence electrons. The molecule has 25 heavy (non-hydrogen) atoms. The van der Waals surface area contributed by atoms with Crippen LogP contribution in [0.1, 0.15) is 18.9 Å². The van der Waals surface area contributed by atoms with Crippen molar-refractivity contribution in [2.24, 2.45) is 0 Å². The normalized spacial score (nSPS) is 20.1. The third-order valence-electron chi connectivity index (χ3n) is 4.14. The summed E-state index contributed by atoms with van der Waals surface area (Å²) in [4.78, 5) is 25.6.